The lowest BCUT2D eigenvalue weighted by molar-refractivity contribution is -0.386. The molecule has 1 heterocycles. The van der Waals surface area contributed by atoms with Crippen molar-refractivity contribution >= 4 is 28.6 Å². The van der Waals surface area contributed by atoms with Crippen LogP contribution in [0.25, 0.3) is 0 Å². The Morgan fingerprint density at radius 2 is 2.14 bits per heavy atom. The van der Waals surface area contributed by atoms with Crippen molar-refractivity contribution in [3.8, 4) is 5.75 Å². The predicted octanol–water partition coefficient (Wildman–Crippen LogP) is 4.30. The summed E-state index contributed by atoms with van der Waals surface area (Å²) in [6, 6.07) is 2.08. The molecule has 0 radical (unpaired) electrons. The highest BCUT2D eigenvalue weighted by atomic mass is 35.5. The summed E-state index contributed by atoms with van der Waals surface area (Å²) < 4.78 is 43.0. The third-order valence-corrected chi connectivity index (χ3v) is 3.47. The first-order chi connectivity index (χ1) is 9.77. The van der Waals surface area contributed by atoms with Crippen LogP contribution in [-0.4, -0.2) is 9.91 Å². The number of rotatable bonds is 4. The molecule has 112 valence electrons. The van der Waals surface area contributed by atoms with E-state index < -0.39 is 22.4 Å². The Hall–Kier alpha value is -1.87. The summed E-state index contributed by atoms with van der Waals surface area (Å²) in [4.78, 5) is 14.3. The monoisotopic (exact) mass is 338 g/mol. The lowest BCUT2D eigenvalue weighted by atomic mass is 10.2. The molecule has 2 aromatic rings. The molecule has 0 saturated carbocycles. The first-order valence-corrected chi connectivity index (χ1v) is 6.55. The maximum absolute atomic E-state index is 12.5. The van der Waals surface area contributed by atoms with Crippen molar-refractivity contribution < 1.29 is 22.8 Å². The topological polar surface area (TPSA) is 65.3 Å². The summed E-state index contributed by atoms with van der Waals surface area (Å²) in [6.45, 7) is -0.0728. The molecule has 0 saturated heterocycles. The zero-order chi connectivity index (χ0) is 15.6. The molecule has 0 fully saturated rings. The molecule has 0 spiro atoms. The van der Waals surface area contributed by atoms with Gasteiger partial charge in [0.25, 0.3) is 0 Å². The van der Waals surface area contributed by atoms with E-state index in [9.17, 15) is 23.3 Å². The van der Waals surface area contributed by atoms with Gasteiger partial charge < -0.3 is 4.74 Å². The maximum atomic E-state index is 12.5. The lowest BCUT2D eigenvalue weighted by Crippen LogP contribution is -2.06. The van der Waals surface area contributed by atoms with Crippen LogP contribution in [0.2, 0.25) is 4.47 Å². The van der Waals surface area contributed by atoms with Gasteiger partial charge in [0.15, 0.2) is 10.2 Å². The average molecular weight is 339 g/mol. The molecule has 0 N–H and O–H groups in total. The van der Waals surface area contributed by atoms with Crippen molar-refractivity contribution in [2.24, 2.45) is 0 Å². The zero-order valence-electron chi connectivity index (χ0n) is 10.1. The summed E-state index contributed by atoms with van der Waals surface area (Å²) in [5.41, 5.74) is -1.86. The summed E-state index contributed by atoms with van der Waals surface area (Å²) in [7, 11) is 0. The Bertz CT molecular complexity index is 675. The van der Waals surface area contributed by atoms with Crippen LogP contribution >= 0.6 is 22.9 Å². The quantitative estimate of drug-likeness (QED) is 0.615. The van der Waals surface area contributed by atoms with Crippen molar-refractivity contribution in [2.45, 2.75) is 12.8 Å². The number of nitro groups is 1. The number of nitrogens with zero attached hydrogens (tertiary/aromatic N) is 2. The second-order valence-electron chi connectivity index (χ2n) is 3.81. The molecular formula is C11H6ClF3N2O3S. The highest BCUT2D eigenvalue weighted by molar-refractivity contribution is 7.15. The molecule has 0 amide bonds. The van der Waals surface area contributed by atoms with E-state index in [1.54, 1.807) is 0 Å². The molecule has 0 aliphatic rings. The second kappa shape index (κ2) is 5.86. The largest absolute Gasteiger partial charge is 0.481 e. The van der Waals surface area contributed by atoms with Gasteiger partial charge >= 0.3 is 11.9 Å². The molecule has 1 aromatic carbocycles. The van der Waals surface area contributed by atoms with Gasteiger partial charge in [-0.1, -0.05) is 11.6 Å². The van der Waals surface area contributed by atoms with Gasteiger partial charge in [-0.3, -0.25) is 10.1 Å². The van der Waals surface area contributed by atoms with Gasteiger partial charge in [-0.2, -0.15) is 13.2 Å². The van der Waals surface area contributed by atoms with Crippen molar-refractivity contribution in [2.75, 3.05) is 0 Å². The Balaban J connectivity index is 2.24. The number of benzene rings is 1. The van der Waals surface area contributed by atoms with Crippen molar-refractivity contribution in [3.05, 3.63) is 49.4 Å². The number of thiazole rings is 1. The number of aromatic nitrogens is 1. The maximum Gasteiger partial charge on any atom is 0.416 e. The molecule has 0 atom stereocenters. The van der Waals surface area contributed by atoms with E-state index in [2.05, 4.69) is 4.98 Å². The highest BCUT2D eigenvalue weighted by Gasteiger charge is 2.33. The number of alkyl halides is 3. The fourth-order valence-electron chi connectivity index (χ4n) is 1.46. The molecular weight excluding hydrogens is 333 g/mol. The van der Waals surface area contributed by atoms with E-state index in [0.717, 1.165) is 23.5 Å². The smallest absolute Gasteiger partial charge is 0.416 e. The number of nitro benzene ring substituents is 1. The van der Waals surface area contributed by atoms with E-state index in [0.29, 0.717) is 10.9 Å². The molecule has 0 aliphatic carbocycles. The van der Waals surface area contributed by atoms with Crippen molar-refractivity contribution in [3.63, 3.8) is 0 Å². The van der Waals surface area contributed by atoms with Gasteiger partial charge in [-0.15, -0.1) is 11.3 Å². The molecule has 10 heteroatoms. The second-order valence-corrected chi connectivity index (χ2v) is 5.50. The zero-order valence-corrected chi connectivity index (χ0v) is 11.6. The highest BCUT2D eigenvalue weighted by Crippen LogP contribution is 2.36. The third-order valence-electron chi connectivity index (χ3n) is 2.38. The summed E-state index contributed by atoms with van der Waals surface area (Å²) in [5.74, 6) is -0.252. The van der Waals surface area contributed by atoms with E-state index in [1.807, 2.05) is 0 Å². The number of halogens is 4. The van der Waals surface area contributed by atoms with Crippen LogP contribution in [-0.2, 0) is 12.8 Å². The van der Waals surface area contributed by atoms with Crippen LogP contribution in [0.5, 0.6) is 5.75 Å². The average Bonchev–Trinajstić information content (AvgIpc) is 2.80. The molecule has 21 heavy (non-hydrogen) atoms. The van der Waals surface area contributed by atoms with Crippen LogP contribution in [0.3, 0.4) is 0 Å². The molecule has 2 rings (SSSR count). The Morgan fingerprint density at radius 1 is 1.43 bits per heavy atom. The molecule has 5 nitrogen and oxygen atoms in total. The minimum absolute atomic E-state index is 0.0728. The van der Waals surface area contributed by atoms with E-state index in [1.165, 1.54) is 6.20 Å². The van der Waals surface area contributed by atoms with Gasteiger partial charge in [-0.25, -0.2) is 4.98 Å². The fraction of sp³-hybridized carbons (Fsp3) is 0.182. The normalized spacial score (nSPS) is 11.4. The Morgan fingerprint density at radius 3 is 2.67 bits per heavy atom. The van der Waals surface area contributed by atoms with E-state index in [-0.39, 0.29) is 16.8 Å². The first kappa shape index (κ1) is 15.5. The van der Waals surface area contributed by atoms with Crippen LogP contribution in [0.15, 0.2) is 24.4 Å². The summed E-state index contributed by atoms with van der Waals surface area (Å²) >= 11 is 6.72. The molecule has 1 aromatic heterocycles. The lowest BCUT2D eigenvalue weighted by Gasteiger charge is -2.09. The standard InChI is InChI=1S/C11H6ClF3N2O3S/c12-10-16-4-7(21-10)5-20-9-2-1-6(11(13,14)15)3-8(9)17(18)19/h1-4H,5H2. The van der Waals surface area contributed by atoms with Crippen LogP contribution in [0, 0.1) is 10.1 Å². The van der Waals surface area contributed by atoms with E-state index >= 15 is 0 Å². The fourth-order valence-corrected chi connectivity index (χ4v) is 2.35. The van der Waals surface area contributed by atoms with Crippen LogP contribution in [0.1, 0.15) is 10.4 Å². The van der Waals surface area contributed by atoms with Gasteiger partial charge in [-0.05, 0) is 12.1 Å². The molecule has 0 aliphatic heterocycles. The van der Waals surface area contributed by atoms with Gasteiger partial charge in [0, 0.05) is 12.3 Å². The summed E-state index contributed by atoms with van der Waals surface area (Å²) in [5, 5.41) is 10.8. The van der Waals surface area contributed by atoms with E-state index in [4.69, 9.17) is 16.3 Å². The van der Waals surface area contributed by atoms with Crippen molar-refractivity contribution in [1.29, 1.82) is 0 Å². The Labute approximate surface area is 125 Å². The van der Waals surface area contributed by atoms with Crippen molar-refractivity contribution in [1.82, 2.24) is 4.98 Å². The Kier molecular flexibility index (Phi) is 4.33. The van der Waals surface area contributed by atoms with Gasteiger partial charge in [0.05, 0.1) is 15.4 Å². The number of hydrogen-bond acceptors (Lipinski definition) is 5. The SMILES string of the molecule is O=[N+]([O-])c1cc(C(F)(F)F)ccc1OCc1cnc(Cl)s1. The van der Waals surface area contributed by atoms with Gasteiger partial charge in [0.2, 0.25) is 0 Å². The van der Waals surface area contributed by atoms with Crippen LogP contribution in [0.4, 0.5) is 18.9 Å². The van der Waals surface area contributed by atoms with Gasteiger partial charge in [0.1, 0.15) is 6.61 Å². The predicted molar refractivity (Wildman–Crippen MR) is 69.6 cm³/mol. The third kappa shape index (κ3) is 3.82. The number of ether oxygens (including phenoxy) is 1. The van der Waals surface area contributed by atoms with Crippen LogP contribution < -0.4 is 4.74 Å². The summed E-state index contributed by atoms with van der Waals surface area (Å²) in [6.07, 6.45) is -3.24. The number of hydrogen-bond donors (Lipinski definition) is 0. The minimum Gasteiger partial charge on any atom is -0.481 e. The first-order valence-electron chi connectivity index (χ1n) is 5.36. The molecule has 0 bridgehead atoms. The molecule has 0 unspecified atom stereocenters. The minimum atomic E-state index is -4.66.